The lowest BCUT2D eigenvalue weighted by atomic mass is 10.2. The predicted octanol–water partition coefficient (Wildman–Crippen LogP) is 2.31. The lowest BCUT2D eigenvalue weighted by Gasteiger charge is -2.11. The van der Waals surface area contributed by atoms with E-state index in [-0.39, 0.29) is 5.69 Å². The van der Waals surface area contributed by atoms with Crippen LogP contribution in [0.1, 0.15) is 0 Å². The number of non-ortho nitro benzene ring substituents is 1. The third kappa shape index (κ3) is 2.32. The molecule has 5 heteroatoms. The van der Waals surface area contributed by atoms with E-state index in [1.165, 1.54) is 12.1 Å². The monoisotopic (exact) mass is 200 g/mol. The van der Waals surface area contributed by atoms with Crippen molar-refractivity contribution >= 4 is 23.0 Å². The van der Waals surface area contributed by atoms with Crippen molar-refractivity contribution in [1.29, 1.82) is 0 Å². The van der Waals surface area contributed by atoms with Gasteiger partial charge < -0.3 is 4.90 Å². The third-order valence-electron chi connectivity index (χ3n) is 1.59. The normalized spacial score (nSPS) is 9.77. The Labute approximate surface area is 80.9 Å². The molecule has 1 rings (SSSR count). The molecule has 0 spiro atoms. The number of nitro groups is 1. The van der Waals surface area contributed by atoms with Gasteiger partial charge in [0.1, 0.15) is 0 Å². The highest BCUT2D eigenvalue weighted by Gasteiger charge is 2.09. The van der Waals surface area contributed by atoms with E-state index in [9.17, 15) is 10.1 Å². The van der Waals surface area contributed by atoms with Gasteiger partial charge in [-0.05, 0) is 6.07 Å². The molecule has 1 aromatic rings. The predicted molar refractivity (Wildman–Crippen MR) is 52.4 cm³/mol. The Morgan fingerprint density at radius 2 is 2.00 bits per heavy atom. The fraction of sp³-hybridized carbons (Fsp3) is 0.250. The molecule has 0 bridgehead atoms. The molecule has 0 fully saturated rings. The summed E-state index contributed by atoms with van der Waals surface area (Å²) in [6.07, 6.45) is 0. The molecule has 0 saturated carbocycles. The van der Waals surface area contributed by atoms with E-state index in [1.807, 2.05) is 0 Å². The summed E-state index contributed by atoms with van der Waals surface area (Å²) in [5, 5.41) is 10.8. The van der Waals surface area contributed by atoms with Gasteiger partial charge >= 0.3 is 0 Å². The van der Waals surface area contributed by atoms with Crippen LogP contribution in [0.15, 0.2) is 18.2 Å². The Bertz CT molecular complexity index is 339. The Balaban J connectivity index is 3.19. The summed E-state index contributed by atoms with van der Waals surface area (Å²) >= 11 is 5.71. The van der Waals surface area contributed by atoms with Gasteiger partial charge in [-0.15, -0.1) is 0 Å². The second kappa shape index (κ2) is 3.62. The average Bonchev–Trinajstić information content (AvgIpc) is 2.03. The molecule has 70 valence electrons. The first kappa shape index (κ1) is 9.80. The van der Waals surface area contributed by atoms with Crippen molar-refractivity contribution in [2.75, 3.05) is 19.0 Å². The van der Waals surface area contributed by atoms with Gasteiger partial charge in [0.2, 0.25) is 0 Å². The van der Waals surface area contributed by atoms with Gasteiger partial charge in [-0.25, -0.2) is 0 Å². The minimum absolute atomic E-state index is 0.0104. The van der Waals surface area contributed by atoms with Crippen molar-refractivity contribution in [3.05, 3.63) is 33.3 Å². The first-order valence-corrected chi connectivity index (χ1v) is 4.01. The van der Waals surface area contributed by atoms with Crippen molar-refractivity contribution in [1.82, 2.24) is 0 Å². The van der Waals surface area contributed by atoms with Gasteiger partial charge in [-0.3, -0.25) is 10.1 Å². The van der Waals surface area contributed by atoms with Gasteiger partial charge in [0.25, 0.3) is 5.69 Å². The molecule has 0 heterocycles. The van der Waals surface area contributed by atoms with Crippen LogP contribution in [0.2, 0.25) is 5.02 Å². The fourth-order valence-corrected chi connectivity index (χ4v) is 1.15. The van der Waals surface area contributed by atoms with E-state index in [0.29, 0.717) is 5.02 Å². The number of nitrogens with zero attached hydrogens (tertiary/aromatic N) is 2. The third-order valence-corrected chi connectivity index (χ3v) is 1.81. The van der Waals surface area contributed by atoms with Crippen LogP contribution in [0.3, 0.4) is 0 Å². The Morgan fingerprint density at radius 3 is 2.46 bits per heavy atom. The average molecular weight is 201 g/mol. The molecule has 0 saturated heterocycles. The van der Waals surface area contributed by atoms with Crippen LogP contribution in [0.4, 0.5) is 11.4 Å². The topological polar surface area (TPSA) is 46.4 Å². The van der Waals surface area contributed by atoms with Gasteiger partial charge in [0.05, 0.1) is 4.92 Å². The molecule has 0 unspecified atom stereocenters. The Morgan fingerprint density at radius 1 is 1.38 bits per heavy atom. The maximum atomic E-state index is 10.5. The molecule has 13 heavy (non-hydrogen) atoms. The van der Waals surface area contributed by atoms with E-state index in [4.69, 9.17) is 11.6 Å². The smallest absolute Gasteiger partial charge is 0.272 e. The summed E-state index contributed by atoms with van der Waals surface area (Å²) in [5.41, 5.74) is 0.732. The number of rotatable bonds is 2. The van der Waals surface area contributed by atoms with E-state index < -0.39 is 4.92 Å². The minimum Gasteiger partial charge on any atom is -0.377 e. The van der Waals surface area contributed by atoms with Crippen LogP contribution < -0.4 is 4.90 Å². The number of benzene rings is 1. The number of hydrogen-bond donors (Lipinski definition) is 0. The van der Waals surface area contributed by atoms with E-state index in [1.54, 1.807) is 25.1 Å². The molecule has 0 radical (unpaired) electrons. The minimum atomic E-state index is -0.459. The summed E-state index contributed by atoms with van der Waals surface area (Å²) in [5.74, 6) is 0. The van der Waals surface area contributed by atoms with Gasteiger partial charge in [0, 0.05) is 36.9 Å². The van der Waals surface area contributed by atoms with Crippen molar-refractivity contribution < 1.29 is 4.92 Å². The van der Waals surface area contributed by atoms with Crippen LogP contribution in [0, 0.1) is 10.1 Å². The number of halogens is 1. The Kier molecular flexibility index (Phi) is 2.72. The van der Waals surface area contributed by atoms with Crippen LogP contribution in [0.25, 0.3) is 0 Å². The standard InChI is InChI=1S/C8H9ClN2O2/c1-10(2)7-3-6(9)4-8(5-7)11(12)13/h3-5H,1-2H3. The largest absolute Gasteiger partial charge is 0.377 e. The molecule has 0 aliphatic carbocycles. The first-order chi connectivity index (χ1) is 6.00. The maximum Gasteiger partial charge on any atom is 0.272 e. The van der Waals surface area contributed by atoms with Crippen molar-refractivity contribution in [2.24, 2.45) is 0 Å². The highest BCUT2D eigenvalue weighted by Crippen LogP contribution is 2.25. The lowest BCUT2D eigenvalue weighted by Crippen LogP contribution is -2.08. The number of hydrogen-bond acceptors (Lipinski definition) is 3. The number of anilines is 1. The van der Waals surface area contributed by atoms with Gasteiger partial charge in [0.15, 0.2) is 0 Å². The zero-order valence-corrected chi connectivity index (χ0v) is 8.08. The van der Waals surface area contributed by atoms with Crippen molar-refractivity contribution in [2.45, 2.75) is 0 Å². The molecular formula is C8H9ClN2O2. The number of nitro benzene ring substituents is 1. The second-order valence-electron chi connectivity index (χ2n) is 2.82. The Hall–Kier alpha value is -1.29. The van der Waals surface area contributed by atoms with Gasteiger partial charge in [-0.1, -0.05) is 11.6 Å². The zero-order chi connectivity index (χ0) is 10.0. The van der Waals surface area contributed by atoms with Crippen molar-refractivity contribution in [3.8, 4) is 0 Å². The molecule has 4 nitrogen and oxygen atoms in total. The molecule has 0 atom stereocenters. The van der Waals surface area contributed by atoms with Crippen LogP contribution in [-0.4, -0.2) is 19.0 Å². The fourth-order valence-electron chi connectivity index (χ4n) is 0.923. The van der Waals surface area contributed by atoms with Crippen molar-refractivity contribution in [3.63, 3.8) is 0 Å². The first-order valence-electron chi connectivity index (χ1n) is 3.63. The van der Waals surface area contributed by atoms with E-state index >= 15 is 0 Å². The van der Waals surface area contributed by atoms with Crippen LogP contribution in [-0.2, 0) is 0 Å². The summed E-state index contributed by atoms with van der Waals surface area (Å²) in [7, 11) is 3.60. The molecule has 0 N–H and O–H groups in total. The molecule has 0 aliphatic heterocycles. The molecule has 1 aromatic carbocycles. The van der Waals surface area contributed by atoms with Gasteiger partial charge in [-0.2, -0.15) is 0 Å². The van der Waals surface area contributed by atoms with Crippen LogP contribution in [0.5, 0.6) is 0 Å². The summed E-state index contributed by atoms with van der Waals surface area (Å²) < 4.78 is 0. The molecule has 0 aliphatic rings. The highest BCUT2D eigenvalue weighted by atomic mass is 35.5. The summed E-state index contributed by atoms with van der Waals surface area (Å²) in [6, 6.07) is 4.48. The summed E-state index contributed by atoms with van der Waals surface area (Å²) in [4.78, 5) is 11.8. The summed E-state index contributed by atoms with van der Waals surface area (Å²) in [6.45, 7) is 0. The second-order valence-corrected chi connectivity index (χ2v) is 3.26. The quantitative estimate of drug-likeness (QED) is 0.544. The molecular weight excluding hydrogens is 192 g/mol. The van der Waals surface area contributed by atoms with E-state index in [0.717, 1.165) is 5.69 Å². The zero-order valence-electron chi connectivity index (χ0n) is 7.32. The lowest BCUT2D eigenvalue weighted by molar-refractivity contribution is -0.384. The maximum absolute atomic E-state index is 10.5. The van der Waals surface area contributed by atoms with Crippen LogP contribution >= 0.6 is 11.6 Å². The molecule has 0 aromatic heterocycles. The SMILES string of the molecule is CN(C)c1cc(Cl)cc([N+](=O)[O-])c1. The molecule has 0 amide bonds. The highest BCUT2D eigenvalue weighted by molar-refractivity contribution is 6.31. The van der Waals surface area contributed by atoms with E-state index in [2.05, 4.69) is 0 Å².